The normalized spacial score (nSPS) is 10.9. The monoisotopic (exact) mass is 321 g/mol. The molecule has 4 rings (SSSR count). The van der Waals surface area contributed by atoms with Crippen LogP contribution in [0.5, 0.6) is 0 Å². The highest BCUT2D eigenvalue weighted by atomic mass is 19.1. The average molecular weight is 321 g/mol. The molecule has 0 saturated heterocycles. The molecule has 0 aliphatic heterocycles. The van der Waals surface area contributed by atoms with Crippen molar-refractivity contribution in [2.45, 2.75) is 0 Å². The third kappa shape index (κ3) is 2.63. The summed E-state index contributed by atoms with van der Waals surface area (Å²) in [5.41, 5.74) is 3.10. The minimum atomic E-state index is -0.318. The van der Waals surface area contributed by atoms with Gasteiger partial charge >= 0.3 is 0 Å². The van der Waals surface area contributed by atoms with Crippen molar-refractivity contribution < 1.29 is 9.18 Å². The van der Waals surface area contributed by atoms with Gasteiger partial charge in [0.25, 0.3) is 5.91 Å². The van der Waals surface area contributed by atoms with Crippen LogP contribution in [-0.2, 0) is 0 Å². The van der Waals surface area contributed by atoms with E-state index >= 15 is 0 Å². The Bertz CT molecular complexity index is 1020. The Hall–Kier alpha value is -3.48. The summed E-state index contributed by atoms with van der Waals surface area (Å²) in [6.45, 7) is 0. The van der Waals surface area contributed by atoms with Gasteiger partial charge in [0, 0.05) is 16.6 Å². The maximum atomic E-state index is 13.0. The quantitative estimate of drug-likeness (QED) is 0.541. The first-order valence-electron chi connectivity index (χ1n) is 7.25. The van der Waals surface area contributed by atoms with E-state index in [9.17, 15) is 9.18 Å². The van der Waals surface area contributed by atoms with Crippen molar-refractivity contribution in [2.75, 3.05) is 5.32 Å². The first kappa shape index (κ1) is 14.1. The fourth-order valence-corrected chi connectivity index (χ4v) is 2.42. The Morgan fingerprint density at radius 1 is 1.04 bits per heavy atom. The van der Waals surface area contributed by atoms with Crippen LogP contribution in [0.15, 0.2) is 54.7 Å². The van der Waals surface area contributed by atoms with E-state index in [0.29, 0.717) is 17.1 Å². The molecule has 118 valence electrons. The number of benzene rings is 2. The largest absolute Gasteiger partial charge is 0.321 e. The second-order valence-electron chi connectivity index (χ2n) is 5.30. The fraction of sp³-hybridized carbons (Fsp3) is 0. The number of aromatic nitrogens is 4. The zero-order chi connectivity index (χ0) is 16.5. The van der Waals surface area contributed by atoms with Gasteiger partial charge in [0.1, 0.15) is 11.5 Å². The van der Waals surface area contributed by atoms with Gasteiger partial charge in [0.15, 0.2) is 0 Å². The number of rotatable bonds is 3. The Kier molecular flexibility index (Phi) is 3.31. The van der Waals surface area contributed by atoms with Gasteiger partial charge in [-0.3, -0.25) is 15.0 Å². The smallest absolute Gasteiger partial charge is 0.273 e. The van der Waals surface area contributed by atoms with Gasteiger partial charge in [-0.25, -0.2) is 4.39 Å². The molecule has 0 aliphatic carbocycles. The van der Waals surface area contributed by atoms with Crippen molar-refractivity contribution in [3.05, 3.63) is 66.2 Å². The molecule has 24 heavy (non-hydrogen) atoms. The second-order valence-corrected chi connectivity index (χ2v) is 5.30. The van der Waals surface area contributed by atoms with Crippen molar-refractivity contribution in [1.29, 1.82) is 0 Å². The van der Waals surface area contributed by atoms with Gasteiger partial charge in [-0.05, 0) is 48.5 Å². The molecule has 2 aromatic carbocycles. The highest BCUT2D eigenvalue weighted by Crippen LogP contribution is 2.20. The van der Waals surface area contributed by atoms with E-state index in [1.54, 1.807) is 36.5 Å². The molecule has 0 aliphatic rings. The lowest BCUT2D eigenvalue weighted by molar-refractivity contribution is 0.102. The number of carbonyl (C=O) groups is 1. The predicted molar refractivity (Wildman–Crippen MR) is 88.0 cm³/mol. The van der Waals surface area contributed by atoms with Crippen LogP contribution in [-0.4, -0.2) is 26.3 Å². The summed E-state index contributed by atoms with van der Waals surface area (Å²) in [5.74, 6) is -0.629. The summed E-state index contributed by atoms with van der Waals surface area (Å²) in [7, 11) is 0. The minimum absolute atomic E-state index is 0.310. The molecule has 4 aromatic rings. The van der Waals surface area contributed by atoms with Crippen LogP contribution in [0.2, 0.25) is 0 Å². The third-order valence-corrected chi connectivity index (χ3v) is 3.66. The number of hydrogen-bond acceptors (Lipinski definition) is 3. The highest BCUT2D eigenvalue weighted by Gasteiger charge is 2.12. The molecule has 2 aromatic heterocycles. The molecule has 2 heterocycles. The Balaban J connectivity index is 1.55. The second kappa shape index (κ2) is 5.62. The lowest BCUT2D eigenvalue weighted by atomic mass is 10.1. The van der Waals surface area contributed by atoms with Crippen molar-refractivity contribution in [2.24, 2.45) is 0 Å². The van der Waals surface area contributed by atoms with Gasteiger partial charge in [-0.15, -0.1) is 0 Å². The van der Waals surface area contributed by atoms with Crippen LogP contribution in [0.4, 0.5) is 10.1 Å². The summed E-state index contributed by atoms with van der Waals surface area (Å²) in [6, 6.07) is 13.0. The van der Waals surface area contributed by atoms with E-state index in [1.807, 2.05) is 6.07 Å². The predicted octanol–water partition coefficient (Wildman–Crippen LogP) is 3.34. The molecule has 6 nitrogen and oxygen atoms in total. The summed E-state index contributed by atoms with van der Waals surface area (Å²) >= 11 is 0. The number of nitrogens with one attached hydrogen (secondary N) is 3. The van der Waals surface area contributed by atoms with Crippen LogP contribution >= 0.6 is 0 Å². The van der Waals surface area contributed by atoms with Crippen molar-refractivity contribution in [1.82, 2.24) is 20.4 Å². The molecule has 0 bridgehead atoms. The Morgan fingerprint density at radius 3 is 2.71 bits per heavy atom. The topological polar surface area (TPSA) is 86.5 Å². The molecule has 0 spiro atoms. The number of nitrogens with zero attached hydrogens (tertiary/aromatic N) is 2. The van der Waals surface area contributed by atoms with E-state index in [-0.39, 0.29) is 11.7 Å². The lowest BCUT2D eigenvalue weighted by Gasteiger charge is -2.03. The lowest BCUT2D eigenvalue weighted by Crippen LogP contribution is -2.12. The van der Waals surface area contributed by atoms with Gasteiger partial charge in [0.05, 0.1) is 17.4 Å². The summed E-state index contributed by atoms with van der Waals surface area (Å²) in [6.07, 6.45) is 1.71. The number of hydrogen-bond donors (Lipinski definition) is 3. The van der Waals surface area contributed by atoms with E-state index < -0.39 is 0 Å². The van der Waals surface area contributed by atoms with Crippen molar-refractivity contribution >= 4 is 22.5 Å². The summed E-state index contributed by atoms with van der Waals surface area (Å²) in [4.78, 5) is 12.3. The number of halogens is 1. The molecule has 0 radical (unpaired) electrons. The van der Waals surface area contributed by atoms with Gasteiger partial charge < -0.3 is 5.32 Å². The molecule has 1 amide bonds. The Morgan fingerprint density at radius 2 is 1.88 bits per heavy atom. The van der Waals surface area contributed by atoms with E-state index in [4.69, 9.17) is 0 Å². The molecule has 3 N–H and O–H groups in total. The zero-order valence-electron chi connectivity index (χ0n) is 12.4. The standard InChI is InChI=1S/C17H12FN5O/c18-12-4-1-10(2-5-12)15-8-16(23-22-15)17(24)20-13-6-3-11-9-19-21-14(11)7-13/h1-9H,(H,19,21)(H,20,24)(H,22,23). The molecule has 7 heteroatoms. The SMILES string of the molecule is O=C(Nc1ccc2cn[nH]c2c1)c1cc(-c2ccc(F)cc2)n[nH]1. The molecule has 0 atom stereocenters. The first-order valence-corrected chi connectivity index (χ1v) is 7.25. The number of amides is 1. The average Bonchev–Trinajstić information content (AvgIpc) is 3.24. The van der Waals surface area contributed by atoms with Crippen LogP contribution in [0, 0.1) is 5.82 Å². The summed E-state index contributed by atoms with van der Waals surface area (Å²) < 4.78 is 13.0. The van der Waals surface area contributed by atoms with E-state index in [0.717, 1.165) is 16.5 Å². The zero-order valence-corrected chi connectivity index (χ0v) is 12.4. The van der Waals surface area contributed by atoms with Gasteiger partial charge in [-0.2, -0.15) is 10.2 Å². The number of carbonyl (C=O) groups excluding carboxylic acids is 1. The molecule has 0 fully saturated rings. The maximum Gasteiger partial charge on any atom is 0.273 e. The molecule has 0 unspecified atom stereocenters. The minimum Gasteiger partial charge on any atom is -0.321 e. The van der Waals surface area contributed by atoms with Crippen LogP contribution in [0.25, 0.3) is 22.2 Å². The fourth-order valence-electron chi connectivity index (χ4n) is 2.42. The maximum absolute atomic E-state index is 13.0. The van der Waals surface area contributed by atoms with Crippen LogP contribution in [0.1, 0.15) is 10.5 Å². The molecule has 0 saturated carbocycles. The van der Waals surface area contributed by atoms with Gasteiger partial charge in [-0.1, -0.05) is 0 Å². The van der Waals surface area contributed by atoms with Crippen LogP contribution in [0.3, 0.4) is 0 Å². The molecular weight excluding hydrogens is 309 g/mol. The Labute approximate surface area is 135 Å². The number of fused-ring (bicyclic) bond motifs is 1. The third-order valence-electron chi connectivity index (χ3n) is 3.66. The van der Waals surface area contributed by atoms with Crippen molar-refractivity contribution in [3.63, 3.8) is 0 Å². The van der Waals surface area contributed by atoms with Crippen LogP contribution < -0.4 is 5.32 Å². The highest BCUT2D eigenvalue weighted by molar-refractivity contribution is 6.04. The first-order chi connectivity index (χ1) is 11.7. The van der Waals surface area contributed by atoms with E-state index in [1.165, 1.54) is 12.1 Å². The number of anilines is 1. The van der Waals surface area contributed by atoms with Crippen molar-refractivity contribution in [3.8, 4) is 11.3 Å². The van der Waals surface area contributed by atoms with E-state index in [2.05, 4.69) is 25.7 Å². The molecular formula is C17H12FN5O. The summed E-state index contributed by atoms with van der Waals surface area (Å²) in [5, 5.41) is 17.3. The number of aromatic amines is 2. The number of H-pyrrole nitrogens is 2. The van der Waals surface area contributed by atoms with Gasteiger partial charge in [0.2, 0.25) is 0 Å².